The molecule has 1 saturated heterocycles. The molecule has 2 aliphatic rings. The SMILES string of the molecule is CCN1c2ccc(/C=C3/C(=O)NC(=O)N(c4cccc(F)c4)C3=O)cc2C(C)=CC1(C)C. The highest BCUT2D eigenvalue weighted by Gasteiger charge is 2.37. The van der Waals surface area contributed by atoms with Gasteiger partial charge in [0.25, 0.3) is 11.8 Å². The first-order chi connectivity index (χ1) is 15.1. The summed E-state index contributed by atoms with van der Waals surface area (Å²) in [5.41, 5.74) is 3.58. The van der Waals surface area contributed by atoms with Crippen LogP contribution in [-0.4, -0.2) is 29.9 Å². The van der Waals surface area contributed by atoms with Gasteiger partial charge in [0.1, 0.15) is 11.4 Å². The number of fused-ring (bicyclic) bond motifs is 1. The van der Waals surface area contributed by atoms with E-state index in [0.29, 0.717) is 5.56 Å². The Kier molecular flexibility index (Phi) is 5.20. The lowest BCUT2D eigenvalue weighted by Crippen LogP contribution is -2.54. The molecule has 0 bridgehead atoms. The van der Waals surface area contributed by atoms with Crippen LogP contribution in [0.1, 0.15) is 38.8 Å². The van der Waals surface area contributed by atoms with Gasteiger partial charge in [0.15, 0.2) is 0 Å². The molecule has 2 aromatic rings. The summed E-state index contributed by atoms with van der Waals surface area (Å²) in [7, 11) is 0. The molecule has 7 heteroatoms. The Labute approximate surface area is 186 Å². The maximum Gasteiger partial charge on any atom is 0.335 e. The largest absolute Gasteiger partial charge is 0.363 e. The summed E-state index contributed by atoms with van der Waals surface area (Å²) in [4.78, 5) is 40.8. The average Bonchev–Trinajstić information content (AvgIpc) is 2.71. The van der Waals surface area contributed by atoms with Crippen LogP contribution in [0.2, 0.25) is 0 Å². The van der Waals surface area contributed by atoms with E-state index in [1.54, 1.807) is 0 Å². The Hall–Kier alpha value is -3.74. The molecule has 32 heavy (non-hydrogen) atoms. The normalized spacial score (nSPS) is 19.1. The molecule has 4 amide bonds. The summed E-state index contributed by atoms with van der Waals surface area (Å²) in [6.07, 6.45) is 3.65. The first-order valence-corrected chi connectivity index (χ1v) is 10.4. The van der Waals surface area contributed by atoms with E-state index >= 15 is 0 Å². The number of carbonyl (C=O) groups excluding carboxylic acids is 3. The summed E-state index contributed by atoms with van der Waals surface area (Å²) >= 11 is 0. The Balaban J connectivity index is 1.75. The molecule has 0 saturated carbocycles. The third-order valence-electron chi connectivity index (χ3n) is 5.80. The Morgan fingerprint density at radius 3 is 2.53 bits per heavy atom. The van der Waals surface area contributed by atoms with E-state index in [0.717, 1.165) is 34.3 Å². The topological polar surface area (TPSA) is 69.7 Å². The van der Waals surface area contributed by atoms with Crippen LogP contribution in [0.25, 0.3) is 11.6 Å². The minimum atomic E-state index is -0.909. The van der Waals surface area contributed by atoms with Crippen LogP contribution in [-0.2, 0) is 9.59 Å². The molecule has 2 heterocycles. The first kappa shape index (κ1) is 21.5. The summed E-state index contributed by atoms with van der Waals surface area (Å²) in [6.45, 7) is 9.27. The second-order valence-corrected chi connectivity index (χ2v) is 8.44. The van der Waals surface area contributed by atoms with Gasteiger partial charge < -0.3 is 4.90 Å². The van der Waals surface area contributed by atoms with Gasteiger partial charge in [-0.3, -0.25) is 14.9 Å². The highest BCUT2D eigenvalue weighted by molar-refractivity contribution is 6.39. The number of hydrogen-bond donors (Lipinski definition) is 1. The lowest BCUT2D eigenvalue weighted by Gasteiger charge is -2.42. The number of allylic oxidation sites excluding steroid dienone is 1. The van der Waals surface area contributed by atoms with Crippen LogP contribution in [0.5, 0.6) is 0 Å². The standard InChI is InChI=1S/C25H24FN3O3/c1-5-28-21-10-9-16(11-19(21)15(2)14-25(28,3)4)12-20-22(30)27-24(32)29(23(20)31)18-8-6-7-17(26)13-18/h6-14H,5H2,1-4H3,(H,27,30,32)/b20-12-. The molecule has 0 spiro atoms. The molecule has 0 aliphatic carbocycles. The van der Waals surface area contributed by atoms with E-state index < -0.39 is 23.7 Å². The highest BCUT2D eigenvalue weighted by Crippen LogP contribution is 2.39. The van der Waals surface area contributed by atoms with Gasteiger partial charge in [-0.2, -0.15) is 0 Å². The molecule has 4 rings (SSSR count). The van der Waals surface area contributed by atoms with Gasteiger partial charge in [0.05, 0.1) is 11.2 Å². The van der Waals surface area contributed by atoms with Crippen molar-refractivity contribution in [1.82, 2.24) is 5.32 Å². The zero-order valence-corrected chi connectivity index (χ0v) is 18.4. The van der Waals surface area contributed by atoms with Crippen LogP contribution >= 0.6 is 0 Å². The van der Waals surface area contributed by atoms with Crippen molar-refractivity contribution in [3.63, 3.8) is 0 Å². The lowest BCUT2D eigenvalue weighted by molar-refractivity contribution is -0.122. The van der Waals surface area contributed by atoms with Crippen LogP contribution in [0.3, 0.4) is 0 Å². The van der Waals surface area contributed by atoms with Crippen LogP contribution < -0.4 is 15.1 Å². The number of hydrogen-bond acceptors (Lipinski definition) is 4. The molecule has 0 radical (unpaired) electrons. The number of benzene rings is 2. The summed E-state index contributed by atoms with van der Waals surface area (Å²) in [5, 5.41) is 2.16. The van der Waals surface area contributed by atoms with Crippen molar-refractivity contribution in [3.05, 3.63) is 71.1 Å². The lowest BCUT2D eigenvalue weighted by atomic mass is 9.88. The third kappa shape index (κ3) is 3.60. The Morgan fingerprint density at radius 1 is 1.09 bits per heavy atom. The molecule has 6 nitrogen and oxygen atoms in total. The number of carbonyl (C=O) groups is 3. The fourth-order valence-corrected chi connectivity index (χ4v) is 4.44. The molecule has 1 fully saturated rings. The average molecular weight is 433 g/mol. The van der Waals surface area contributed by atoms with Crippen molar-refractivity contribution in [1.29, 1.82) is 0 Å². The fraction of sp³-hybridized carbons (Fsp3) is 0.240. The van der Waals surface area contributed by atoms with Crippen molar-refractivity contribution < 1.29 is 18.8 Å². The zero-order valence-electron chi connectivity index (χ0n) is 18.4. The van der Waals surface area contributed by atoms with Gasteiger partial charge in [-0.15, -0.1) is 0 Å². The minimum Gasteiger partial charge on any atom is -0.363 e. The molecule has 2 aromatic carbocycles. The van der Waals surface area contributed by atoms with Crippen LogP contribution in [0, 0.1) is 5.82 Å². The second kappa shape index (κ2) is 7.75. The number of amides is 4. The van der Waals surface area contributed by atoms with Gasteiger partial charge >= 0.3 is 6.03 Å². The quantitative estimate of drug-likeness (QED) is 0.571. The van der Waals surface area contributed by atoms with Crippen molar-refractivity contribution >= 4 is 40.9 Å². The van der Waals surface area contributed by atoms with Gasteiger partial charge in [-0.05, 0) is 75.2 Å². The predicted octanol–water partition coefficient (Wildman–Crippen LogP) is 4.51. The second-order valence-electron chi connectivity index (χ2n) is 8.44. The highest BCUT2D eigenvalue weighted by atomic mass is 19.1. The number of barbiturate groups is 1. The number of rotatable bonds is 3. The number of urea groups is 1. The van der Waals surface area contributed by atoms with Crippen molar-refractivity contribution in [2.45, 2.75) is 33.2 Å². The first-order valence-electron chi connectivity index (χ1n) is 10.4. The minimum absolute atomic E-state index is 0.0518. The number of imide groups is 2. The van der Waals surface area contributed by atoms with Crippen molar-refractivity contribution in [2.24, 2.45) is 0 Å². The predicted molar refractivity (Wildman–Crippen MR) is 123 cm³/mol. The van der Waals surface area contributed by atoms with Crippen molar-refractivity contribution in [3.8, 4) is 0 Å². The molecule has 0 aromatic heterocycles. The number of anilines is 2. The van der Waals surface area contributed by atoms with Gasteiger partial charge in [-0.25, -0.2) is 14.1 Å². The van der Waals surface area contributed by atoms with E-state index in [2.05, 4.69) is 37.1 Å². The van der Waals surface area contributed by atoms with E-state index in [-0.39, 0.29) is 16.8 Å². The summed E-state index contributed by atoms with van der Waals surface area (Å²) < 4.78 is 13.6. The van der Waals surface area contributed by atoms with Crippen LogP contribution in [0.4, 0.5) is 20.6 Å². The maximum absolute atomic E-state index is 13.6. The Morgan fingerprint density at radius 2 is 1.84 bits per heavy atom. The monoisotopic (exact) mass is 433 g/mol. The molecule has 0 atom stereocenters. The van der Waals surface area contributed by atoms with E-state index in [4.69, 9.17) is 0 Å². The number of nitrogens with zero attached hydrogens (tertiary/aromatic N) is 2. The number of halogens is 1. The molecule has 164 valence electrons. The third-order valence-corrected chi connectivity index (χ3v) is 5.80. The zero-order chi connectivity index (χ0) is 23.2. The summed E-state index contributed by atoms with van der Waals surface area (Å²) in [6, 6.07) is 9.94. The maximum atomic E-state index is 13.6. The number of nitrogens with one attached hydrogen (secondary N) is 1. The molecular formula is C25H24FN3O3. The van der Waals surface area contributed by atoms with E-state index in [1.165, 1.54) is 24.3 Å². The van der Waals surface area contributed by atoms with Gasteiger partial charge in [0.2, 0.25) is 0 Å². The van der Waals surface area contributed by atoms with Crippen molar-refractivity contribution in [2.75, 3.05) is 16.3 Å². The molecule has 2 aliphatic heterocycles. The smallest absolute Gasteiger partial charge is 0.335 e. The van der Waals surface area contributed by atoms with E-state index in [1.807, 2.05) is 25.1 Å². The Bertz CT molecular complexity index is 1210. The molecule has 0 unspecified atom stereocenters. The van der Waals surface area contributed by atoms with Gasteiger partial charge in [-0.1, -0.05) is 18.2 Å². The fourth-order valence-electron chi connectivity index (χ4n) is 4.44. The molecular weight excluding hydrogens is 409 g/mol. The molecule has 1 N–H and O–H groups in total. The summed E-state index contributed by atoms with van der Waals surface area (Å²) in [5.74, 6) is -2.18. The van der Waals surface area contributed by atoms with E-state index in [9.17, 15) is 18.8 Å². The van der Waals surface area contributed by atoms with Crippen LogP contribution in [0.15, 0.2) is 54.1 Å². The number of likely N-dealkylation sites (N-methyl/N-ethyl adjacent to an activating group) is 1. The van der Waals surface area contributed by atoms with Gasteiger partial charge in [0, 0.05) is 17.8 Å².